The van der Waals surface area contributed by atoms with Crippen molar-refractivity contribution in [3.63, 3.8) is 0 Å². The highest BCUT2D eigenvalue weighted by Crippen LogP contribution is 2.31. The summed E-state index contributed by atoms with van der Waals surface area (Å²) >= 11 is 6.06. The minimum absolute atomic E-state index is 0.0205. The molecule has 1 aliphatic carbocycles. The van der Waals surface area contributed by atoms with Crippen LogP contribution < -0.4 is 9.46 Å². The average molecular weight is 430 g/mol. The van der Waals surface area contributed by atoms with Gasteiger partial charge in [0.1, 0.15) is 22.3 Å². The Morgan fingerprint density at radius 3 is 2.50 bits per heavy atom. The van der Waals surface area contributed by atoms with E-state index in [9.17, 15) is 22.0 Å². The van der Waals surface area contributed by atoms with E-state index in [-0.39, 0.29) is 10.8 Å². The second kappa shape index (κ2) is 8.45. The largest absolute Gasteiger partial charge is 0.492 e. The Morgan fingerprint density at radius 2 is 1.82 bits per heavy atom. The summed E-state index contributed by atoms with van der Waals surface area (Å²) in [6.45, 7) is 0.395. The van der Waals surface area contributed by atoms with E-state index < -0.39 is 38.0 Å². The number of halogens is 3. The molecule has 2 aromatic carbocycles. The van der Waals surface area contributed by atoms with Crippen LogP contribution in [0, 0.1) is 17.6 Å². The zero-order chi connectivity index (χ0) is 20.3. The molecule has 1 amide bonds. The van der Waals surface area contributed by atoms with Crippen molar-refractivity contribution < 1.29 is 26.7 Å². The summed E-state index contributed by atoms with van der Waals surface area (Å²) in [6, 6.07) is 6.48. The first-order chi connectivity index (χ1) is 13.3. The molecule has 0 radical (unpaired) electrons. The maximum atomic E-state index is 14.4. The van der Waals surface area contributed by atoms with Crippen LogP contribution in [0.4, 0.5) is 8.78 Å². The minimum atomic E-state index is -4.51. The molecule has 9 heteroatoms. The van der Waals surface area contributed by atoms with Crippen LogP contribution in [-0.4, -0.2) is 20.9 Å². The first-order valence-electron chi connectivity index (χ1n) is 8.71. The molecule has 1 saturated carbocycles. The Labute approximate surface area is 166 Å². The molecule has 3 rings (SSSR count). The van der Waals surface area contributed by atoms with E-state index in [1.807, 2.05) is 0 Å². The summed E-state index contributed by atoms with van der Waals surface area (Å²) in [5.41, 5.74) is -0.585. The quantitative estimate of drug-likeness (QED) is 0.742. The number of amides is 1. The third kappa shape index (κ3) is 4.62. The van der Waals surface area contributed by atoms with Gasteiger partial charge >= 0.3 is 0 Å². The summed E-state index contributed by atoms with van der Waals surface area (Å²) in [7, 11) is -4.51. The normalized spacial score (nSPS) is 14.8. The highest BCUT2D eigenvalue weighted by Gasteiger charge is 2.25. The summed E-state index contributed by atoms with van der Waals surface area (Å²) in [4.78, 5) is 11.5. The minimum Gasteiger partial charge on any atom is -0.492 e. The standard InChI is InChI=1S/C19H18ClF2NO4S/c20-14-9-13(16(22)10-17(14)27-11-12-5-1-2-6-12)19(24)23-28(25,26)18-8-4-3-7-15(18)21/h3-4,7-10,12H,1-2,5-6,11H2,(H,23,24). The molecular formula is C19H18ClF2NO4S. The molecule has 0 saturated heterocycles. The second-order valence-corrected chi connectivity index (χ2v) is 8.65. The summed E-state index contributed by atoms with van der Waals surface area (Å²) in [5, 5.41) is -0.0205. The summed E-state index contributed by atoms with van der Waals surface area (Å²) in [6.07, 6.45) is 4.33. The van der Waals surface area contributed by atoms with Crippen LogP contribution in [-0.2, 0) is 10.0 Å². The number of benzene rings is 2. The number of rotatable bonds is 6. The molecule has 0 aromatic heterocycles. The van der Waals surface area contributed by atoms with Crippen molar-refractivity contribution in [2.45, 2.75) is 30.6 Å². The first-order valence-corrected chi connectivity index (χ1v) is 10.6. The van der Waals surface area contributed by atoms with Gasteiger partial charge in [-0.05, 0) is 37.0 Å². The van der Waals surface area contributed by atoms with E-state index >= 15 is 0 Å². The first kappa shape index (κ1) is 20.5. The Hall–Kier alpha value is -2.19. The van der Waals surface area contributed by atoms with Gasteiger partial charge in [-0.25, -0.2) is 21.9 Å². The van der Waals surface area contributed by atoms with Gasteiger partial charge in [0.2, 0.25) is 0 Å². The lowest BCUT2D eigenvalue weighted by atomic mass is 10.1. The Balaban J connectivity index is 1.76. The third-order valence-electron chi connectivity index (χ3n) is 4.57. The van der Waals surface area contributed by atoms with E-state index in [0.29, 0.717) is 12.5 Å². The van der Waals surface area contributed by atoms with Crippen LogP contribution in [0.2, 0.25) is 5.02 Å². The Kier molecular flexibility index (Phi) is 6.20. The van der Waals surface area contributed by atoms with Crippen LogP contribution in [0.3, 0.4) is 0 Å². The van der Waals surface area contributed by atoms with E-state index in [1.165, 1.54) is 12.1 Å². The molecule has 0 heterocycles. The van der Waals surface area contributed by atoms with Crippen LogP contribution in [0.25, 0.3) is 0 Å². The van der Waals surface area contributed by atoms with Crippen molar-refractivity contribution in [1.29, 1.82) is 0 Å². The fourth-order valence-corrected chi connectivity index (χ4v) is 4.36. The lowest BCUT2D eigenvalue weighted by Gasteiger charge is -2.14. The molecule has 2 aromatic rings. The van der Waals surface area contributed by atoms with Crippen molar-refractivity contribution in [2.24, 2.45) is 5.92 Å². The van der Waals surface area contributed by atoms with Gasteiger partial charge in [0.25, 0.3) is 15.9 Å². The number of ether oxygens (including phenoxy) is 1. The number of sulfonamides is 1. The highest BCUT2D eigenvalue weighted by molar-refractivity contribution is 7.90. The molecule has 150 valence electrons. The van der Waals surface area contributed by atoms with Crippen LogP contribution >= 0.6 is 11.6 Å². The molecule has 0 unspecified atom stereocenters. The molecule has 0 bridgehead atoms. The lowest BCUT2D eigenvalue weighted by molar-refractivity contribution is 0.0977. The van der Waals surface area contributed by atoms with Gasteiger partial charge in [-0.1, -0.05) is 36.6 Å². The third-order valence-corrected chi connectivity index (χ3v) is 6.23. The van der Waals surface area contributed by atoms with E-state index in [1.54, 1.807) is 4.72 Å². The molecular weight excluding hydrogens is 412 g/mol. The van der Waals surface area contributed by atoms with Gasteiger partial charge in [0.15, 0.2) is 0 Å². The molecule has 1 fully saturated rings. The van der Waals surface area contributed by atoms with Gasteiger partial charge in [0, 0.05) is 6.07 Å². The topological polar surface area (TPSA) is 72.5 Å². The summed E-state index contributed by atoms with van der Waals surface area (Å²) in [5.74, 6) is -2.82. The predicted molar refractivity (Wildman–Crippen MR) is 99.9 cm³/mol. The molecule has 1 N–H and O–H groups in total. The molecule has 0 spiro atoms. The van der Waals surface area contributed by atoms with Crippen molar-refractivity contribution in [2.75, 3.05) is 6.61 Å². The predicted octanol–water partition coefficient (Wildman–Crippen LogP) is 4.31. The smallest absolute Gasteiger partial charge is 0.268 e. The Morgan fingerprint density at radius 1 is 1.14 bits per heavy atom. The molecule has 5 nitrogen and oxygen atoms in total. The van der Waals surface area contributed by atoms with E-state index in [2.05, 4.69) is 0 Å². The second-order valence-electron chi connectivity index (χ2n) is 6.59. The zero-order valence-electron chi connectivity index (χ0n) is 14.8. The van der Waals surface area contributed by atoms with E-state index in [4.69, 9.17) is 16.3 Å². The SMILES string of the molecule is O=C(NS(=O)(=O)c1ccccc1F)c1cc(Cl)c(OCC2CCCC2)cc1F. The molecule has 0 atom stereocenters. The van der Waals surface area contributed by atoms with Gasteiger partial charge in [-0.15, -0.1) is 0 Å². The fourth-order valence-electron chi connectivity index (χ4n) is 3.09. The van der Waals surface area contributed by atoms with Crippen molar-refractivity contribution >= 4 is 27.5 Å². The van der Waals surface area contributed by atoms with Crippen LogP contribution in [0.15, 0.2) is 41.3 Å². The molecule has 0 aliphatic heterocycles. The van der Waals surface area contributed by atoms with Gasteiger partial charge in [0.05, 0.1) is 17.2 Å². The number of carbonyl (C=O) groups is 1. The van der Waals surface area contributed by atoms with Crippen LogP contribution in [0.1, 0.15) is 36.0 Å². The summed E-state index contributed by atoms with van der Waals surface area (Å²) < 4.78 is 59.7. The molecule has 28 heavy (non-hydrogen) atoms. The van der Waals surface area contributed by atoms with Crippen molar-refractivity contribution in [3.05, 3.63) is 58.6 Å². The maximum absolute atomic E-state index is 14.4. The number of hydrogen-bond donors (Lipinski definition) is 1. The van der Waals surface area contributed by atoms with Gasteiger partial charge < -0.3 is 4.74 Å². The number of carbonyl (C=O) groups excluding carboxylic acids is 1. The Bertz CT molecular complexity index is 991. The van der Waals surface area contributed by atoms with Crippen molar-refractivity contribution in [3.8, 4) is 5.75 Å². The lowest BCUT2D eigenvalue weighted by Crippen LogP contribution is -2.31. The highest BCUT2D eigenvalue weighted by atomic mass is 35.5. The van der Waals surface area contributed by atoms with Gasteiger partial charge in [-0.2, -0.15) is 0 Å². The van der Waals surface area contributed by atoms with Crippen LogP contribution in [0.5, 0.6) is 5.75 Å². The average Bonchev–Trinajstić information content (AvgIpc) is 3.15. The zero-order valence-corrected chi connectivity index (χ0v) is 16.3. The van der Waals surface area contributed by atoms with Gasteiger partial charge in [-0.3, -0.25) is 4.79 Å². The fraction of sp³-hybridized carbons (Fsp3) is 0.316. The number of hydrogen-bond acceptors (Lipinski definition) is 4. The molecule has 1 aliphatic rings. The van der Waals surface area contributed by atoms with E-state index in [0.717, 1.165) is 49.9 Å². The number of nitrogens with one attached hydrogen (secondary N) is 1. The monoisotopic (exact) mass is 429 g/mol. The maximum Gasteiger partial charge on any atom is 0.268 e. The van der Waals surface area contributed by atoms with Crippen molar-refractivity contribution in [1.82, 2.24) is 4.72 Å².